The lowest BCUT2D eigenvalue weighted by atomic mass is 10.1. The number of carbonyl (C=O) groups is 1. The van der Waals surface area contributed by atoms with Crippen LogP contribution in [-0.4, -0.2) is 23.0 Å². The van der Waals surface area contributed by atoms with E-state index in [4.69, 9.17) is 4.74 Å². The van der Waals surface area contributed by atoms with Crippen LogP contribution in [0.5, 0.6) is 5.75 Å². The Morgan fingerprint density at radius 2 is 1.96 bits per heavy atom. The first-order valence-electron chi connectivity index (χ1n) is 7.58. The van der Waals surface area contributed by atoms with E-state index >= 15 is 0 Å². The molecule has 5 nitrogen and oxygen atoms in total. The van der Waals surface area contributed by atoms with E-state index < -0.39 is 0 Å². The van der Waals surface area contributed by atoms with Crippen molar-refractivity contribution in [1.82, 2.24) is 15.3 Å². The lowest BCUT2D eigenvalue weighted by Crippen LogP contribution is -2.23. The van der Waals surface area contributed by atoms with Gasteiger partial charge < -0.3 is 15.0 Å². The number of aromatic amines is 1. The molecule has 0 atom stereocenters. The predicted octanol–water partition coefficient (Wildman–Crippen LogP) is 2.82. The summed E-state index contributed by atoms with van der Waals surface area (Å²) in [5, 5.41) is 2.90. The van der Waals surface area contributed by atoms with E-state index in [-0.39, 0.29) is 5.91 Å². The van der Waals surface area contributed by atoms with Gasteiger partial charge in [0.1, 0.15) is 11.6 Å². The molecular weight excluding hydrogens is 290 g/mol. The zero-order valence-corrected chi connectivity index (χ0v) is 13.0. The Morgan fingerprint density at radius 1 is 1.17 bits per heavy atom. The van der Waals surface area contributed by atoms with E-state index in [1.807, 2.05) is 48.5 Å². The summed E-state index contributed by atoms with van der Waals surface area (Å²) in [4.78, 5) is 19.6. The average molecular weight is 309 g/mol. The van der Waals surface area contributed by atoms with Gasteiger partial charge in [-0.2, -0.15) is 0 Å². The second-order valence-electron chi connectivity index (χ2n) is 5.33. The van der Waals surface area contributed by atoms with E-state index in [2.05, 4.69) is 15.3 Å². The number of rotatable bonds is 6. The fourth-order valence-electron chi connectivity index (χ4n) is 2.41. The summed E-state index contributed by atoms with van der Waals surface area (Å²) in [6, 6.07) is 15.6. The molecule has 0 aliphatic heterocycles. The molecule has 0 fully saturated rings. The van der Waals surface area contributed by atoms with E-state index in [1.165, 1.54) is 0 Å². The molecule has 2 aromatic carbocycles. The predicted molar refractivity (Wildman–Crippen MR) is 89.3 cm³/mol. The van der Waals surface area contributed by atoms with Gasteiger partial charge in [-0.1, -0.05) is 24.3 Å². The van der Waals surface area contributed by atoms with Crippen LogP contribution in [0.4, 0.5) is 0 Å². The smallest absolute Gasteiger partial charge is 0.220 e. The molecule has 0 radical (unpaired) electrons. The summed E-state index contributed by atoms with van der Waals surface area (Å²) < 4.78 is 5.12. The number of hydrogen-bond donors (Lipinski definition) is 2. The number of aryl methyl sites for hydroxylation is 1. The number of H-pyrrole nitrogens is 1. The number of methoxy groups -OCH3 is 1. The van der Waals surface area contributed by atoms with Crippen molar-refractivity contribution in [2.45, 2.75) is 19.4 Å². The number of hydrogen-bond acceptors (Lipinski definition) is 3. The number of nitrogens with one attached hydrogen (secondary N) is 2. The summed E-state index contributed by atoms with van der Waals surface area (Å²) in [5.74, 6) is 1.60. The maximum atomic E-state index is 12.0. The molecule has 0 spiro atoms. The molecule has 0 aliphatic rings. The quantitative estimate of drug-likeness (QED) is 0.736. The molecule has 0 bridgehead atoms. The molecule has 3 rings (SSSR count). The van der Waals surface area contributed by atoms with Crippen LogP contribution in [-0.2, 0) is 17.8 Å². The van der Waals surface area contributed by atoms with Gasteiger partial charge in [0.05, 0.1) is 24.7 Å². The highest BCUT2D eigenvalue weighted by molar-refractivity contribution is 5.77. The fourth-order valence-corrected chi connectivity index (χ4v) is 2.41. The SMILES string of the molecule is COc1ccc(CCC(=O)NCc2nc3ccccc3[nH]2)cc1. The van der Waals surface area contributed by atoms with Gasteiger partial charge in [0.2, 0.25) is 5.91 Å². The minimum absolute atomic E-state index is 0.0151. The molecule has 3 aromatic rings. The van der Waals surface area contributed by atoms with Crippen molar-refractivity contribution >= 4 is 16.9 Å². The van der Waals surface area contributed by atoms with Crippen molar-refractivity contribution in [3.63, 3.8) is 0 Å². The zero-order chi connectivity index (χ0) is 16.1. The average Bonchev–Trinajstić information content (AvgIpc) is 3.01. The Hall–Kier alpha value is -2.82. The zero-order valence-electron chi connectivity index (χ0n) is 13.0. The number of benzene rings is 2. The number of imidazole rings is 1. The Labute approximate surface area is 134 Å². The second-order valence-corrected chi connectivity index (χ2v) is 5.33. The number of fused-ring (bicyclic) bond motifs is 1. The van der Waals surface area contributed by atoms with Crippen LogP contribution in [0.15, 0.2) is 48.5 Å². The fraction of sp³-hybridized carbons (Fsp3) is 0.222. The molecule has 23 heavy (non-hydrogen) atoms. The van der Waals surface area contributed by atoms with Crippen molar-refractivity contribution in [2.75, 3.05) is 7.11 Å². The molecule has 0 saturated heterocycles. The third-order valence-corrected chi connectivity index (χ3v) is 3.69. The number of para-hydroxylation sites is 2. The maximum absolute atomic E-state index is 12.0. The van der Waals surface area contributed by atoms with Crippen molar-refractivity contribution < 1.29 is 9.53 Å². The number of carbonyl (C=O) groups excluding carboxylic acids is 1. The van der Waals surface area contributed by atoms with Crippen LogP contribution in [0, 0.1) is 0 Å². The van der Waals surface area contributed by atoms with Crippen LogP contribution in [0.3, 0.4) is 0 Å². The highest BCUT2D eigenvalue weighted by Crippen LogP contribution is 2.13. The van der Waals surface area contributed by atoms with Crippen molar-refractivity contribution in [1.29, 1.82) is 0 Å². The molecule has 5 heteroatoms. The first-order valence-corrected chi connectivity index (χ1v) is 7.58. The van der Waals surface area contributed by atoms with Crippen LogP contribution in [0.1, 0.15) is 17.8 Å². The molecular formula is C18H19N3O2. The van der Waals surface area contributed by atoms with Gasteiger partial charge in [0.15, 0.2) is 0 Å². The summed E-state index contributed by atoms with van der Waals surface area (Å²) >= 11 is 0. The van der Waals surface area contributed by atoms with Gasteiger partial charge in [-0.15, -0.1) is 0 Å². The molecule has 1 heterocycles. The largest absolute Gasteiger partial charge is 0.497 e. The van der Waals surface area contributed by atoms with E-state index in [1.54, 1.807) is 7.11 Å². The van der Waals surface area contributed by atoms with Gasteiger partial charge in [-0.3, -0.25) is 4.79 Å². The normalized spacial score (nSPS) is 10.7. The standard InChI is InChI=1S/C18H19N3O2/c1-23-14-9-6-13(7-10-14)8-11-18(22)19-12-17-20-15-4-2-3-5-16(15)21-17/h2-7,9-10H,8,11-12H2,1H3,(H,19,22)(H,20,21). The lowest BCUT2D eigenvalue weighted by Gasteiger charge is -2.05. The van der Waals surface area contributed by atoms with Gasteiger partial charge in [-0.05, 0) is 36.2 Å². The third-order valence-electron chi connectivity index (χ3n) is 3.69. The summed E-state index contributed by atoms with van der Waals surface area (Å²) in [6.07, 6.45) is 1.16. The Balaban J connectivity index is 1.49. The van der Waals surface area contributed by atoms with Gasteiger partial charge in [0, 0.05) is 6.42 Å². The highest BCUT2D eigenvalue weighted by atomic mass is 16.5. The van der Waals surface area contributed by atoms with E-state index in [9.17, 15) is 4.79 Å². The molecule has 118 valence electrons. The third kappa shape index (κ3) is 3.88. The Bertz CT molecular complexity index is 760. The summed E-state index contributed by atoms with van der Waals surface area (Å²) in [7, 11) is 1.64. The molecule has 0 saturated carbocycles. The van der Waals surface area contributed by atoms with Crippen LogP contribution < -0.4 is 10.1 Å². The Kier molecular flexibility index (Phi) is 4.57. The topological polar surface area (TPSA) is 67.0 Å². The number of ether oxygens (including phenoxy) is 1. The number of aromatic nitrogens is 2. The highest BCUT2D eigenvalue weighted by Gasteiger charge is 2.05. The first kappa shape index (κ1) is 15.1. The number of nitrogens with zero attached hydrogens (tertiary/aromatic N) is 1. The van der Waals surface area contributed by atoms with Crippen molar-refractivity contribution in [3.8, 4) is 5.75 Å². The van der Waals surface area contributed by atoms with E-state index in [0.717, 1.165) is 28.2 Å². The van der Waals surface area contributed by atoms with Crippen molar-refractivity contribution in [2.24, 2.45) is 0 Å². The van der Waals surface area contributed by atoms with E-state index in [0.29, 0.717) is 19.4 Å². The lowest BCUT2D eigenvalue weighted by molar-refractivity contribution is -0.121. The second kappa shape index (κ2) is 6.96. The summed E-state index contributed by atoms with van der Waals surface area (Å²) in [5.41, 5.74) is 3.01. The van der Waals surface area contributed by atoms with Crippen LogP contribution >= 0.6 is 0 Å². The summed E-state index contributed by atoms with van der Waals surface area (Å²) in [6.45, 7) is 0.413. The van der Waals surface area contributed by atoms with Crippen LogP contribution in [0.25, 0.3) is 11.0 Å². The Morgan fingerprint density at radius 3 is 2.70 bits per heavy atom. The molecule has 1 amide bonds. The number of amides is 1. The first-order chi connectivity index (χ1) is 11.2. The van der Waals surface area contributed by atoms with Crippen molar-refractivity contribution in [3.05, 3.63) is 59.9 Å². The maximum Gasteiger partial charge on any atom is 0.220 e. The minimum Gasteiger partial charge on any atom is -0.497 e. The molecule has 0 unspecified atom stereocenters. The molecule has 2 N–H and O–H groups in total. The minimum atomic E-state index is 0.0151. The van der Waals surface area contributed by atoms with Gasteiger partial charge in [0.25, 0.3) is 0 Å². The van der Waals surface area contributed by atoms with Gasteiger partial charge >= 0.3 is 0 Å². The van der Waals surface area contributed by atoms with Gasteiger partial charge in [-0.25, -0.2) is 4.98 Å². The molecule has 1 aromatic heterocycles. The van der Waals surface area contributed by atoms with Crippen LogP contribution in [0.2, 0.25) is 0 Å². The monoisotopic (exact) mass is 309 g/mol. The molecule has 0 aliphatic carbocycles.